The topological polar surface area (TPSA) is 68.2 Å². The van der Waals surface area contributed by atoms with Crippen molar-refractivity contribution in [3.8, 4) is 0 Å². The average molecular weight is 553 g/mol. The van der Waals surface area contributed by atoms with Gasteiger partial charge in [0.05, 0.1) is 22.8 Å². The number of aryl methyl sites for hydroxylation is 2. The van der Waals surface area contributed by atoms with Gasteiger partial charge in [-0.05, 0) is 72.7 Å². The number of hydrogen-bond acceptors (Lipinski definition) is 5. The molecule has 0 aliphatic heterocycles. The third-order valence-electron chi connectivity index (χ3n) is 5.27. The second kappa shape index (κ2) is 10.5. The first-order valence-electron chi connectivity index (χ1n) is 10.2. The lowest BCUT2D eigenvalue weighted by Crippen LogP contribution is -2.30. The monoisotopic (exact) mass is 552 g/mol. The number of hydrogen-bond donors (Lipinski definition) is 2. The van der Waals surface area contributed by atoms with Gasteiger partial charge in [-0.1, -0.05) is 6.42 Å². The van der Waals surface area contributed by atoms with Gasteiger partial charge < -0.3 is 15.4 Å². The van der Waals surface area contributed by atoms with E-state index < -0.39 is 11.9 Å². The number of ether oxygens (including phenoxy) is 1. The predicted molar refractivity (Wildman–Crippen MR) is 125 cm³/mol. The fourth-order valence-corrected chi connectivity index (χ4v) is 5.71. The van der Waals surface area contributed by atoms with E-state index in [0.29, 0.717) is 40.9 Å². The Kier molecular flexibility index (Phi) is 8.21. The van der Waals surface area contributed by atoms with E-state index in [-0.39, 0.29) is 10.4 Å². The van der Waals surface area contributed by atoms with Gasteiger partial charge in [0.2, 0.25) is 0 Å². The number of rotatable bonds is 6. The maximum atomic E-state index is 13.0. The van der Waals surface area contributed by atoms with Crippen LogP contribution >= 0.6 is 39.5 Å². The molecular weight excluding hydrogens is 529 g/mol. The van der Waals surface area contributed by atoms with Crippen LogP contribution in [0, 0.1) is 6.92 Å². The molecule has 1 aliphatic carbocycles. The number of thiocarbonyl (C=S) groups is 1. The summed E-state index contributed by atoms with van der Waals surface area (Å²) >= 11 is 9.87. The van der Waals surface area contributed by atoms with Gasteiger partial charge in [0.15, 0.2) is 10.8 Å². The van der Waals surface area contributed by atoms with Crippen LogP contribution in [0.2, 0.25) is 0 Å². The third-order valence-corrected chi connectivity index (χ3v) is 7.68. The van der Waals surface area contributed by atoms with Crippen molar-refractivity contribution in [2.24, 2.45) is 0 Å². The fraction of sp³-hybridized carbons (Fsp3) is 0.550. The van der Waals surface area contributed by atoms with Gasteiger partial charge in [0.1, 0.15) is 5.00 Å². The summed E-state index contributed by atoms with van der Waals surface area (Å²) in [6, 6.07) is 0. The number of alkyl halides is 3. The van der Waals surface area contributed by atoms with Crippen molar-refractivity contribution in [3.63, 3.8) is 0 Å². The molecule has 0 radical (unpaired) electrons. The van der Waals surface area contributed by atoms with E-state index in [9.17, 15) is 18.0 Å². The maximum absolute atomic E-state index is 13.0. The van der Waals surface area contributed by atoms with Crippen LogP contribution < -0.4 is 10.6 Å². The Balaban J connectivity index is 1.59. The molecule has 0 bridgehead atoms. The van der Waals surface area contributed by atoms with Crippen molar-refractivity contribution < 1.29 is 22.7 Å². The van der Waals surface area contributed by atoms with Crippen molar-refractivity contribution >= 4 is 55.6 Å². The van der Waals surface area contributed by atoms with E-state index >= 15 is 0 Å². The summed E-state index contributed by atoms with van der Waals surface area (Å²) in [4.78, 5) is 13.6. The van der Waals surface area contributed by atoms with Gasteiger partial charge in [-0.2, -0.15) is 18.3 Å². The van der Waals surface area contributed by atoms with E-state index in [2.05, 4.69) is 31.7 Å². The number of fused-ring (bicyclic) bond motifs is 1. The highest BCUT2D eigenvalue weighted by molar-refractivity contribution is 9.10. The molecule has 12 heteroatoms. The Hall–Kier alpha value is -1.66. The lowest BCUT2D eigenvalue weighted by atomic mass is 10.1. The Morgan fingerprint density at radius 1 is 1.31 bits per heavy atom. The number of carbonyl (C=O) groups is 1. The second-order valence-electron chi connectivity index (χ2n) is 7.46. The van der Waals surface area contributed by atoms with Crippen LogP contribution in [-0.4, -0.2) is 34.5 Å². The number of nitrogens with zero attached hydrogens (tertiary/aromatic N) is 2. The molecule has 0 saturated heterocycles. The molecule has 0 atom stereocenters. The van der Waals surface area contributed by atoms with Crippen molar-refractivity contribution in [3.05, 3.63) is 31.9 Å². The van der Waals surface area contributed by atoms with Crippen LogP contribution in [0.5, 0.6) is 0 Å². The highest BCUT2D eigenvalue weighted by atomic mass is 79.9. The molecule has 0 unspecified atom stereocenters. The number of thiophene rings is 1. The number of methoxy groups -OCH3 is 1. The van der Waals surface area contributed by atoms with E-state index in [1.54, 1.807) is 6.92 Å². The Bertz CT molecular complexity index is 1000. The summed E-state index contributed by atoms with van der Waals surface area (Å²) in [6.45, 7) is 2.32. The van der Waals surface area contributed by atoms with Crippen molar-refractivity contribution in [2.45, 2.75) is 58.2 Å². The molecule has 3 rings (SSSR count). The zero-order valence-electron chi connectivity index (χ0n) is 17.7. The minimum Gasteiger partial charge on any atom is -0.465 e. The van der Waals surface area contributed by atoms with E-state index in [1.807, 2.05) is 0 Å². The number of anilines is 1. The summed E-state index contributed by atoms with van der Waals surface area (Å²) in [6.07, 6.45) is 1.06. The average Bonchev–Trinajstić information content (AvgIpc) is 3.10. The van der Waals surface area contributed by atoms with E-state index in [1.165, 1.54) is 28.0 Å². The quantitative estimate of drug-likeness (QED) is 0.214. The molecule has 176 valence electrons. The summed E-state index contributed by atoms with van der Waals surface area (Å²) in [7, 11) is 1.36. The van der Waals surface area contributed by atoms with Crippen LogP contribution in [0.4, 0.5) is 18.2 Å². The molecular formula is C20H24BrF3N4O2S2. The lowest BCUT2D eigenvalue weighted by molar-refractivity contribution is -0.142. The Morgan fingerprint density at radius 2 is 2.03 bits per heavy atom. The molecule has 0 amide bonds. The molecule has 2 N–H and O–H groups in total. The third kappa shape index (κ3) is 5.63. The van der Waals surface area contributed by atoms with Crippen LogP contribution in [0.1, 0.15) is 57.9 Å². The molecule has 1 aliphatic rings. The molecule has 2 heterocycles. The van der Waals surface area contributed by atoms with Crippen molar-refractivity contribution in [2.75, 3.05) is 19.0 Å². The minimum absolute atomic E-state index is 0.0389. The molecule has 0 saturated carbocycles. The standard InChI is InChI=1S/C20H24BrF3N4O2S2/c1-11-15(21)16(20(22,23)24)27-28(11)10-6-9-25-19(31)26-17-14(18(29)30-2)12-7-4-3-5-8-13(12)32-17/h3-10H2,1-2H3,(H2,25,26,31). The Labute approximate surface area is 202 Å². The minimum atomic E-state index is -4.51. The van der Waals surface area contributed by atoms with Gasteiger partial charge in [-0.25, -0.2) is 4.79 Å². The summed E-state index contributed by atoms with van der Waals surface area (Å²) in [5.41, 5.74) is 1.09. The molecule has 0 aromatic carbocycles. The number of halogens is 4. The first-order chi connectivity index (χ1) is 15.1. The number of aromatic nitrogens is 2. The summed E-state index contributed by atoms with van der Waals surface area (Å²) in [5.74, 6) is -0.380. The van der Waals surface area contributed by atoms with Gasteiger partial charge in [-0.3, -0.25) is 4.68 Å². The van der Waals surface area contributed by atoms with Crippen molar-refractivity contribution in [1.29, 1.82) is 0 Å². The maximum Gasteiger partial charge on any atom is 0.436 e. The molecule has 32 heavy (non-hydrogen) atoms. The van der Waals surface area contributed by atoms with Gasteiger partial charge in [0, 0.05) is 18.0 Å². The SMILES string of the molecule is COC(=O)c1c(NC(=S)NCCCn2nc(C(F)(F)F)c(Br)c2C)sc2c1CCCCC2. The number of carbonyl (C=O) groups excluding carboxylic acids is 1. The summed E-state index contributed by atoms with van der Waals surface area (Å²) < 4.78 is 45.3. The normalized spacial score (nSPS) is 13.9. The molecule has 0 spiro atoms. The first-order valence-corrected chi connectivity index (χ1v) is 12.2. The first kappa shape index (κ1) is 25.0. The zero-order valence-corrected chi connectivity index (χ0v) is 20.9. The summed E-state index contributed by atoms with van der Waals surface area (Å²) in [5, 5.41) is 10.8. The number of esters is 1. The largest absolute Gasteiger partial charge is 0.465 e. The van der Waals surface area contributed by atoms with Gasteiger partial charge in [0.25, 0.3) is 0 Å². The predicted octanol–water partition coefficient (Wildman–Crippen LogP) is 5.47. The van der Waals surface area contributed by atoms with Gasteiger partial charge >= 0.3 is 12.1 Å². The smallest absolute Gasteiger partial charge is 0.436 e. The molecule has 2 aromatic rings. The lowest BCUT2D eigenvalue weighted by Gasteiger charge is -2.11. The fourth-order valence-electron chi connectivity index (χ4n) is 3.65. The second-order valence-corrected chi connectivity index (χ2v) is 9.77. The highest BCUT2D eigenvalue weighted by Crippen LogP contribution is 2.38. The van der Waals surface area contributed by atoms with Crippen molar-refractivity contribution in [1.82, 2.24) is 15.1 Å². The zero-order chi connectivity index (χ0) is 23.5. The Morgan fingerprint density at radius 3 is 2.69 bits per heavy atom. The van der Waals surface area contributed by atoms with E-state index in [4.69, 9.17) is 17.0 Å². The highest BCUT2D eigenvalue weighted by Gasteiger charge is 2.37. The van der Waals surface area contributed by atoms with Crippen LogP contribution in [-0.2, 0) is 30.3 Å². The van der Waals surface area contributed by atoms with Crippen LogP contribution in [0.15, 0.2) is 4.47 Å². The van der Waals surface area contributed by atoms with E-state index in [0.717, 1.165) is 37.7 Å². The molecule has 6 nitrogen and oxygen atoms in total. The molecule has 0 fully saturated rings. The van der Waals surface area contributed by atoms with Crippen LogP contribution in [0.3, 0.4) is 0 Å². The number of nitrogens with one attached hydrogen (secondary N) is 2. The molecule has 2 aromatic heterocycles. The van der Waals surface area contributed by atoms with Gasteiger partial charge in [-0.15, -0.1) is 11.3 Å². The van der Waals surface area contributed by atoms with Crippen LogP contribution in [0.25, 0.3) is 0 Å².